The van der Waals surface area contributed by atoms with Gasteiger partial charge in [0, 0.05) is 51.0 Å². The van der Waals surface area contributed by atoms with Gasteiger partial charge in [0.25, 0.3) is 0 Å². The van der Waals surface area contributed by atoms with Crippen molar-refractivity contribution in [3.8, 4) is 11.4 Å². The van der Waals surface area contributed by atoms with Crippen molar-refractivity contribution in [1.82, 2.24) is 24.6 Å². The smallest absolute Gasteiger partial charge is 0.410 e. The maximum absolute atomic E-state index is 12.4. The number of nitrogens with zero attached hydrogens (tertiary/aromatic N) is 5. The summed E-state index contributed by atoms with van der Waals surface area (Å²) in [4.78, 5) is 23.4. The molecule has 1 N–H and O–H groups in total. The Morgan fingerprint density at radius 3 is 2.55 bits per heavy atom. The molecule has 9 nitrogen and oxygen atoms in total. The number of anilines is 1. The van der Waals surface area contributed by atoms with E-state index in [4.69, 9.17) is 31.2 Å². The van der Waals surface area contributed by atoms with Gasteiger partial charge in [-0.2, -0.15) is 5.10 Å². The molecule has 0 radical (unpaired) electrons. The highest BCUT2D eigenvalue weighted by Gasteiger charge is 2.57. The van der Waals surface area contributed by atoms with Gasteiger partial charge in [0.05, 0.1) is 16.7 Å². The first-order valence-electron chi connectivity index (χ1n) is 13.2. The second-order valence-corrected chi connectivity index (χ2v) is 18.5. The molecule has 1 aliphatic heterocycles. The molecule has 11 heteroatoms. The number of hydrogen-bond acceptors (Lipinski definition) is 7. The van der Waals surface area contributed by atoms with Crippen LogP contribution in [-0.2, 0) is 16.2 Å². The first-order chi connectivity index (χ1) is 17.9. The molecule has 2 aliphatic rings. The van der Waals surface area contributed by atoms with Gasteiger partial charge in [-0.1, -0.05) is 49.4 Å². The van der Waals surface area contributed by atoms with Crippen LogP contribution in [0.1, 0.15) is 20.8 Å². The Balaban J connectivity index is 1.28. The van der Waals surface area contributed by atoms with E-state index < -0.39 is 13.7 Å². The standard InChI is InChI=1S/C27H37ClN6O3Si/c1-27(2,3)37-26(35)33-14-18-19(15-33)22(18)30-25-29-13-20(28)24(31-25)23-17-9-7-8-10-21(17)34(32-23)16-36-11-12-38(4,5)6/h7-10,13,18-19,22H,11-12,14-16H2,1-6H3,(H,29,30,31)/t18-,19+,22?. The van der Waals surface area contributed by atoms with Crippen molar-refractivity contribution >= 4 is 42.6 Å². The lowest BCUT2D eigenvalue weighted by molar-refractivity contribution is 0.0272. The molecule has 5 rings (SSSR count). The van der Waals surface area contributed by atoms with Gasteiger partial charge >= 0.3 is 6.09 Å². The average molecular weight is 557 g/mol. The van der Waals surface area contributed by atoms with E-state index in [1.54, 1.807) is 11.1 Å². The van der Waals surface area contributed by atoms with E-state index in [-0.39, 0.29) is 12.1 Å². The molecule has 2 aromatic heterocycles. The van der Waals surface area contributed by atoms with Gasteiger partial charge in [0.1, 0.15) is 23.7 Å². The highest BCUT2D eigenvalue weighted by atomic mass is 35.5. The second-order valence-electron chi connectivity index (χ2n) is 12.5. The van der Waals surface area contributed by atoms with E-state index >= 15 is 0 Å². The van der Waals surface area contributed by atoms with E-state index in [1.165, 1.54) is 0 Å². The first kappa shape index (κ1) is 26.9. The predicted octanol–water partition coefficient (Wildman–Crippen LogP) is 5.74. The first-order valence-corrected chi connectivity index (χ1v) is 17.3. The fourth-order valence-corrected chi connectivity index (χ4v) is 5.84. The molecule has 3 heterocycles. The van der Waals surface area contributed by atoms with Crippen LogP contribution in [0.15, 0.2) is 30.5 Å². The van der Waals surface area contributed by atoms with E-state index in [9.17, 15) is 4.79 Å². The van der Waals surface area contributed by atoms with Crippen molar-refractivity contribution in [2.24, 2.45) is 11.8 Å². The summed E-state index contributed by atoms with van der Waals surface area (Å²) in [6.45, 7) is 15.1. The summed E-state index contributed by atoms with van der Waals surface area (Å²) in [6.07, 6.45) is 1.37. The topological polar surface area (TPSA) is 94.4 Å². The van der Waals surface area contributed by atoms with Crippen LogP contribution in [0, 0.1) is 11.8 Å². The predicted molar refractivity (Wildman–Crippen MR) is 152 cm³/mol. The normalized spacial score (nSPS) is 21.0. The highest BCUT2D eigenvalue weighted by molar-refractivity contribution is 6.76. The molecule has 0 bridgehead atoms. The van der Waals surface area contributed by atoms with Crippen molar-refractivity contribution in [3.05, 3.63) is 35.5 Å². The Morgan fingerprint density at radius 1 is 1.16 bits per heavy atom. The summed E-state index contributed by atoms with van der Waals surface area (Å²) >= 11 is 6.59. The summed E-state index contributed by atoms with van der Waals surface area (Å²) in [5.74, 6) is 1.23. The fourth-order valence-electron chi connectivity index (χ4n) is 4.90. The molecule has 0 spiro atoms. The zero-order valence-electron chi connectivity index (χ0n) is 23.0. The van der Waals surface area contributed by atoms with E-state index in [1.807, 2.05) is 49.7 Å². The Kier molecular flexibility index (Phi) is 7.17. The van der Waals surface area contributed by atoms with Gasteiger partial charge in [-0.3, -0.25) is 0 Å². The molecular weight excluding hydrogens is 520 g/mol. The average Bonchev–Trinajstić information content (AvgIpc) is 3.17. The van der Waals surface area contributed by atoms with Crippen LogP contribution in [0.4, 0.5) is 10.7 Å². The molecule has 1 aliphatic carbocycles. The molecule has 1 unspecified atom stereocenters. The minimum atomic E-state index is -1.17. The molecule has 2 fully saturated rings. The van der Waals surface area contributed by atoms with Crippen LogP contribution in [-0.4, -0.2) is 70.2 Å². The van der Waals surface area contributed by atoms with E-state index in [0.29, 0.717) is 54.0 Å². The fraction of sp³-hybridized carbons (Fsp3) is 0.556. The number of carbonyl (C=O) groups excluding carboxylic acids is 1. The number of ether oxygens (including phenoxy) is 2. The number of aromatic nitrogens is 4. The monoisotopic (exact) mass is 556 g/mol. The maximum Gasteiger partial charge on any atom is 0.410 e. The zero-order valence-corrected chi connectivity index (χ0v) is 24.7. The summed E-state index contributed by atoms with van der Waals surface area (Å²) in [5, 5.41) is 9.71. The number of hydrogen-bond donors (Lipinski definition) is 1. The summed E-state index contributed by atoms with van der Waals surface area (Å²) in [5.41, 5.74) is 1.77. The number of piperidine rings is 1. The molecule has 1 amide bonds. The summed E-state index contributed by atoms with van der Waals surface area (Å²) in [7, 11) is -1.17. The lowest BCUT2D eigenvalue weighted by Crippen LogP contribution is -2.38. The number of fused-ring (bicyclic) bond motifs is 2. The van der Waals surface area contributed by atoms with Crippen molar-refractivity contribution in [2.45, 2.75) is 64.8 Å². The summed E-state index contributed by atoms with van der Waals surface area (Å²) in [6, 6.07) is 9.36. The number of carbonyl (C=O) groups is 1. The number of benzene rings is 1. The summed E-state index contributed by atoms with van der Waals surface area (Å²) < 4.78 is 13.4. The maximum atomic E-state index is 12.4. The molecule has 3 aromatic rings. The van der Waals surface area contributed by atoms with Gasteiger partial charge in [0.2, 0.25) is 5.95 Å². The number of rotatable bonds is 8. The number of likely N-dealkylation sites (tertiary alicyclic amines) is 1. The number of para-hydroxylation sites is 1. The zero-order chi connectivity index (χ0) is 27.2. The third-order valence-electron chi connectivity index (χ3n) is 6.98. The lowest BCUT2D eigenvalue weighted by Gasteiger charge is -2.26. The number of amides is 1. The minimum absolute atomic E-state index is 0.219. The van der Waals surface area contributed by atoms with Gasteiger partial charge in [-0.05, 0) is 32.9 Å². The largest absolute Gasteiger partial charge is 0.444 e. The van der Waals surface area contributed by atoms with Gasteiger partial charge in [0.15, 0.2) is 0 Å². The molecular formula is C27H37ClN6O3Si. The van der Waals surface area contributed by atoms with Gasteiger partial charge in [-0.15, -0.1) is 0 Å². The third kappa shape index (κ3) is 5.97. The van der Waals surface area contributed by atoms with Crippen LogP contribution >= 0.6 is 11.6 Å². The second kappa shape index (κ2) is 10.1. The van der Waals surface area contributed by atoms with Gasteiger partial charge in [-0.25, -0.2) is 19.4 Å². The van der Waals surface area contributed by atoms with Crippen LogP contribution in [0.25, 0.3) is 22.3 Å². The van der Waals surface area contributed by atoms with Crippen molar-refractivity contribution in [1.29, 1.82) is 0 Å². The number of nitrogens with one attached hydrogen (secondary N) is 1. The Morgan fingerprint density at radius 2 is 1.87 bits per heavy atom. The van der Waals surface area contributed by atoms with Crippen LogP contribution < -0.4 is 5.32 Å². The third-order valence-corrected chi connectivity index (χ3v) is 8.96. The van der Waals surface area contributed by atoms with Crippen LogP contribution in [0.2, 0.25) is 30.7 Å². The SMILES string of the molecule is CC(C)(C)OC(=O)N1C[C@@H]2C(Nc3ncc(Cl)c(-c4nn(COCC[Si](C)(C)C)c5ccccc45)n3)[C@@H]2C1. The molecule has 3 atom stereocenters. The molecule has 1 aromatic carbocycles. The van der Waals surface area contributed by atoms with E-state index in [2.05, 4.69) is 29.9 Å². The lowest BCUT2D eigenvalue weighted by atomic mass is 10.1. The number of halogens is 1. The van der Waals surface area contributed by atoms with Crippen molar-refractivity contribution in [3.63, 3.8) is 0 Å². The highest BCUT2D eigenvalue weighted by Crippen LogP contribution is 2.47. The molecule has 38 heavy (non-hydrogen) atoms. The van der Waals surface area contributed by atoms with Crippen molar-refractivity contribution < 1.29 is 14.3 Å². The Bertz CT molecular complexity index is 1320. The minimum Gasteiger partial charge on any atom is -0.444 e. The molecule has 1 saturated carbocycles. The molecule has 204 valence electrons. The molecule has 1 saturated heterocycles. The Hall–Kier alpha value is -2.69. The van der Waals surface area contributed by atoms with E-state index in [0.717, 1.165) is 23.6 Å². The quantitative estimate of drug-likeness (QED) is 0.279. The van der Waals surface area contributed by atoms with Gasteiger partial charge < -0.3 is 19.7 Å². The van der Waals surface area contributed by atoms with Crippen molar-refractivity contribution in [2.75, 3.05) is 25.0 Å². The Labute approximate surface area is 229 Å². The van der Waals surface area contributed by atoms with Crippen LogP contribution in [0.3, 0.4) is 0 Å². The van der Waals surface area contributed by atoms with Crippen LogP contribution in [0.5, 0.6) is 0 Å².